The third-order valence-corrected chi connectivity index (χ3v) is 5.27. The number of carbonyl (C=O) groups is 1. The van der Waals surface area contributed by atoms with Gasteiger partial charge in [-0.3, -0.25) is 4.79 Å². The van der Waals surface area contributed by atoms with Crippen molar-refractivity contribution < 1.29 is 14.6 Å². The SMILES string of the molecule is CC1=C2C(=O)CC(C)(C)C[C@@]23OO[C@]1(C)S3. The number of carbonyl (C=O) groups excluding carboxylic acids is 1. The second kappa shape index (κ2) is 2.74. The molecule has 1 spiro atoms. The van der Waals surface area contributed by atoms with E-state index in [9.17, 15) is 4.79 Å². The lowest BCUT2D eigenvalue weighted by Gasteiger charge is -2.40. The lowest BCUT2D eigenvalue weighted by molar-refractivity contribution is -0.346. The zero-order valence-electron chi connectivity index (χ0n) is 10.0. The summed E-state index contributed by atoms with van der Waals surface area (Å²) in [7, 11) is 0. The summed E-state index contributed by atoms with van der Waals surface area (Å²) in [5.41, 5.74) is 1.90. The zero-order valence-corrected chi connectivity index (χ0v) is 10.9. The molecule has 2 atom stereocenters. The van der Waals surface area contributed by atoms with Gasteiger partial charge in [0.2, 0.25) is 0 Å². The van der Waals surface area contributed by atoms with E-state index in [4.69, 9.17) is 9.78 Å². The van der Waals surface area contributed by atoms with E-state index in [1.807, 2.05) is 13.8 Å². The van der Waals surface area contributed by atoms with Gasteiger partial charge in [0.25, 0.3) is 0 Å². The highest BCUT2D eigenvalue weighted by Crippen LogP contribution is 2.66. The van der Waals surface area contributed by atoms with Crippen molar-refractivity contribution in [3.8, 4) is 0 Å². The number of Topliss-reactive ketones (excluding diaryl/α,β-unsaturated/α-hetero) is 1. The Bertz CT molecular complexity index is 426. The van der Waals surface area contributed by atoms with Crippen LogP contribution in [-0.2, 0) is 14.6 Å². The van der Waals surface area contributed by atoms with Crippen molar-refractivity contribution in [2.24, 2.45) is 5.41 Å². The molecule has 1 saturated carbocycles. The molecule has 0 unspecified atom stereocenters. The van der Waals surface area contributed by atoms with Gasteiger partial charge in [-0.2, -0.15) is 0 Å². The first kappa shape index (κ1) is 10.8. The fourth-order valence-corrected chi connectivity index (χ4v) is 4.88. The van der Waals surface area contributed by atoms with Gasteiger partial charge in [-0.1, -0.05) is 25.6 Å². The molecule has 3 rings (SSSR count). The van der Waals surface area contributed by atoms with Crippen LogP contribution >= 0.6 is 11.8 Å². The molecule has 88 valence electrons. The Balaban J connectivity index is 2.15. The molecule has 0 radical (unpaired) electrons. The molecule has 0 aromatic rings. The van der Waals surface area contributed by atoms with Gasteiger partial charge in [-0.15, -0.1) is 0 Å². The summed E-state index contributed by atoms with van der Waals surface area (Å²) in [4.78, 5) is 22.2. The monoisotopic (exact) mass is 240 g/mol. The maximum absolute atomic E-state index is 12.2. The predicted octanol–water partition coefficient (Wildman–Crippen LogP) is 2.81. The number of rotatable bonds is 0. The van der Waals surface area contributed by atoms with Crippen LogP contribution in [0.5, 0.6) is 0 Å². The van der Waals surface area contributed by atoms with Crippen LogP contribution in [0.1, 0.15) is 40.5 Å². The quantitative estimate of drug-likeness (QED) is 0.610. The molecule has 2 bridgehead atoms. The Morgan fingerprint density at radius 3 is 2.62 bits per heavy atom. The average molecular weight is 240 g/mol. The molecule has 0 aromatic carbocycles. The molecule has 16 heavy (non-hydrogen) atoms. The first-order valence-electron chi connectivity index (χ1n) is 5.60. The van der Waals surface area contributed by atoms with Crippen LogP contribution in [0.2, 0.25) is 0 Å². The van der Waals surface area contributed by atoms with E-state index in [2.05, 4.69) is 13.8 Å². The molecule has 3 aliphatic rings. The van der Waals surface area contributed by atoms with Gasteiger partial charge in [0.05, 0.1) is 0 Å². The summed E-state index contributed by atoms with van der Waals surface area (Å²) in [5.74, 6) is 0.230. The number of fused-ring (bicyclic) bond motifs is 1. The van der Waals surface area contributed by atoms with Gasteiger partial charge in [0, 0.05) is 12.0 Å². The maximum atomic E-state index is 12.2. The maximum Gasteiger partial charge on any atom is 0.181 e. The topological polar surface area (TPSA) is 35.5 Å². The lowest BCUT2D eigenvalue weighted by atomic mass is 9.71. The van der Waals surface area contributed by atoms with Gasteiger partial charge in [0.1, 0.15) is 0 Å². The molecule has 0 aromatic heterocycles. The minimum absolute atomic E-state index is 0.00713. The van der Waals surface area contributed by atoms with Crippen molar-refractivity contribution in [1.29, 1.82) is 0 Å². The van der Waals surface area contributed by atoms with Crippen LogP contribution in [0.25, 0.3) is 0 Å². The highest BCUT2D eigenvalue weighted by atomic mass is 32.2. The Morgan fingerprint density at radius 1 is 1.25 bits per heavy atom. The number of hydrogen-bond acceptors (Lipinski definition) is 4. The van der Waals surface area contributed by atoms with Crippen molar-refractivity contribution in [2.75, 3.05) is 0 Å². The molecule has 0 N–H and O–H groups in total. The van der Waals surface area contributed by atoms with Gasteiger partial charge in [-0.25, -0.2) is 9.78 Å². The highest BCUT2D eigenvalue weighted by Gasteiger charge is 2.65. The average Bonchev–Trinajstić information content (AvgIpc) is 2.50. The molecule has 1 saturated heterocycles. The van der Waals surface area contributed by atoms with Crippen molar-refractivity contribution in [1.82, 2.24) is 0 Å². The van der Waals surface area contributed by atoms with E-state index < -0.39 is 9.87 Å². The summed E-state index contributed by atoms with van der Waals surface area (Å²) in [5, 5.41) is 0. The summed E-state index contributed by atoms with van der Waals surface area (Å²) >= 11 is 1.64. The number of thioether (sulfide) groups is 1. The summed E-state index contributed by atoms with van der Waals surface area (Å²) in [6.45, 7) is 8.20. The molecule has 0 amide bonds. The summed E-state index contributed by atoms with van der Waals surface area (Å²) < 4.78 is 0. The Labute approximate surface area is 99.5 Å². The molecule has 2 aliphatic heterocycles. The summed E-state index contributed by atoms with van der Waals surface area (Å²) in [6, 6.07) is 0. The van der Waals surface area contributed by atoms with E-state index in [1.165, 1.54) is 0 Å². The van der Waals surface area contributed by atoms with Gasteiger partial charge >= 0.3 is 0 Å². The van der Waals surface area contributed by atoms with E-state index in [0.717, 1.165) is 17.6 Å². The number of ketones is 1. The standard InChI is InChI=1S/C12H16O3S/c1-7-9-8(13)5-10(2,3)6-12(9)15-14-11(7,4)16-12/h5-6H2,1-4H3/t11-,12+/m1/s1. The van der Waals surface area contributed by atoms with Crippen molar-refractivity contribution in [3.05, 3.63) is 11.1 Å². The molecule has 3 nitrogen and oxygen atoms in total. The molecule has 1 aliphatic carbocycles. The van der Waals surface area contributed by atoms with Crippen molar-refractivity contribution in [2.45, 2.75) is 50.4 Å². The second-order valence-electron chi connectivity index (χ2n) is 5.91. The van der Waals surface area contributed by atoms with Crippen LogP contribution in [0.4, 0.5) is 0 Å². The largest absolute Gasteiger partial charge is 0.294 e. The van der Waals surface area contributed by atoms with E-state index in [0.29, 0.717) is 6.42 Å². The lowest BCUT2D eigenvalue weighted by Crippen LogP contribution is -2.43. The fourth-order valence-electron chi connectivity index (χ4n) is 3.03. The van der Waals surface area contributed by atoms with Gasteiger partial charge in [-0.05, 0) is 31.3 Å². The Morgan fingerprint density at radius 2 is 1.94 bits per heavy atom. The molecule has 2 fully saturated rings. The number of hydrogen-bond donors (Lipinski definition) is 0. The molecule has 2 heterocycles. The van der Waals surface area contributed by atoms with Crippen LogP contribution in [0, 0.1) is 5.41 Å². The normalized spacial score (nSPS) is 45.1. The minimum atomic E-state index is -0.530. The Hall–Kier alpha value is -0.320. The Kier molecular flexibility index (Phi) is 1.85. The highest BCUT2D eigenvalue weighted by molar-refractivity contribution is 8.02. The van der Waals surface area contributed by atoms with Gasteiger partial charge < -0.3 is 0 Å². The van der Waals surface area contributed by atoms with Crippen molar-refractivity contribution >= 4 is 17.5 Å². The van der Waals surface area contributed by atoms with Crippen LogP contribution in [0.15, 0.2) is 11.1 Å². The minimum Gasteiger partial charge on any atom is -0.294 e. The molecular formula is C12H16O3S. The van der Waals surface area contributed by atoms with Crippen LogP contribution in [0.3, 0.4) is 0 Å². The predicted molar refractivity (Wildman–Crippen MR) is 61.6 cm³/mol. The summed E-state index contributed by atoms with van der Waals surface area (Å²) in [6.07, 6.45) is 1.46. The first-order valence-corrected chi connectivity index (χ1v) is 6.42. The van der Waals surface area contributed by atoms with Crippen LogP contribution < -0.4 is 0 Å². The van der Waals surface area contributed by atoms with E-state index >= 15 is 0 Å². The third-order valence-electron chi connectivity index (χ3n) is 3.76. The van der Waals surface area contributed by atoms with Crippen molar-refractivity contribution in [3.63, 3.8) is 0 Å². The molecular weight excluding hydrogens is 224 g/mol. The smallest absolute Gasteiger partial charge is 0.181 e. The second-order valence-corrected chi connectivity index (χ2v) is 7.55. The van der Waals surface area contributed by atoms with E-state index in [-0.39, 0.29) is 11.2 Å². The fraction of sp³-hybridized carbons (Fsp3) is 0.750. The molecule has 4 heteroatoms. The first-order chi connectivity index (χ1) is 7.28. The third kappa shape index (κ3) is 1.15. The zero-order chi connectivity index (χ0) is 11.8. The van der Waals surface area contributed by atoms with Gasteiger partial charge in [0.15, 0.2) is 15.6 Å². The van der Waals surface area contributed by atoms with E-state index in [1.54, 1.807) is 11.8 Å². The van der Waals surface area contributed by atoms with Crippen LogP contribution in [-0.4, -0.2) is 15.6 Å².